The van der Waals surface area contributed by atoms with Crippen LogP contribution in [0.5, 0.6) is 11.5 Å². The largest absolute Gasteiger partial charge is 0.457 e. The summed E-state index contributed by atoms with van der Waals surface area (Å²) in [7, 11) is 0. The molecule has 1 saturated heterocycles. The fourth-order valence-electron chi connectivity index (χ4n) is 3.22. The monoisotopic (exact) mass is 433 g/mol. The van der Waals surface area contributed by atoms with Gasteiger partial charge < -0.3 is 24.4 Å². The standard InChI is InChI=1S/C24H23N3O5/c28-22(26-18-8-10-20(11-9-18)32-19-5-2-1-3-6-19)17-31-24(29)21-7-4-12-25-23(21)27-13-15-30-16-14-27/h1-12H,13-17H2,(H,26,28). The summed E-state index contributed by atoms with van der Waals surface area (Å²) in [6.45, 7) is 2.02. The van der Waals surface area contributed by atoms with Crippen LogP contribution in [0.25, 0.3) is 0 Å². The summed E-state index contributed by atoms with van der Waals surface area (Å²) in [5.41, 5.74) is 0.895. The summed E-state index contributed by atoms with van der Waals surface area (Å²) in [5.74, 6) is 0.874. The molecule has 0 atom stereocenters. The molecule has 0 saturated carbocycles. The highest BCUT2D eigenvalue weighted by Gasteiger charge is 2.21. The SMILES string of the molecule is O=C(COC(=O)c1cccnc1N1CCOCC1)Nc1ccc(Oc2ccccc2)cc1. The van der Waals surface area contributed by atoms with Crippen LogP contribution < -0.4 is 15.0 Å². The maximum atomic E-state index is 12.6. The molecule has 2 heterocycles. The normalized spacial score (nSPS) is 13.3. The summed E-state index contributed by atoms with van der Waals surface area (Å²) >= 11 is 0. The van der Waals surface area contributed by atoms with Gasteiger partial charge in [0.2, 0.25) is 0 Å². The number of hydrogen-bond acceptors (Lipinski definition) is 7. The van der Waals surface area contributed by atoms with Crippen LogP contribution in [-0.2, 0) is 14.3 Å². The Morgan fingerprint density at radius 2 is 1.66 bits per heavy atom. The Hall–Kier alpha value is -3.91. The number of carbonyl (C=O) groups excluding carboxylic acids is 2. The van der Waals surface area contributed by atoms with Gasteiger partial charge in [-0.05, 0) is 48.5 Å². The molecule has 1 fully saturated rings. The topological polar surface area (TPSA) is 90.0 Å². The molecule has 0 aliphatic carbocycles. The van der Waals surface area contributed by atoms with Gasteiger partial charge in [0.15, 0.2) is 6.61 Å². The number of amides is 1. The third-order valence-electron chi connectivity index (χ3n) is 4.77. The minimum absolute atomic E-state index is 0.324. The zero-order chi connectivity index (χ0) is 22.2. The van der Waals surface area contributed by atoms with Crippen LogP contribution in [0.15, 0.2) is 72.9 Å². The average molecular weight is 433 g/mol. The zero-order valence-corrected chi connectivity index (χ0v) is 17.4. The molecule has 1 aromatic heterocycles. The number of hydrogen-bond donors (Lipinski definition) is 1. The predicted octanol–water partition coefficient (Wildman–Crippen LogP) is 3.51. The van der Waals surface area contributed by atoms with Gasteiger partial charge in [-0.3, -0.25) is 4.79 Å². The maximum absolute atomic E-state index is 12.6. The molecule has 0 unspecified atom stereocenters. The highest BCUT2D eigenvalue weighted by molar-refractivity contribution is 5.98. The first-order valence-electron chi connectivity index (χ1n) is 10.3. The number of pyridine rings is 1. The van der Waals surface area contributed by atoms with E-state index in [1.54, 1.807) is 42.6 Å². The summed E-state index contributed by atoms with van der Waals surface area (Å²) in [5, 5.41) is 2.70. The van der Waals surface area contributed by atoms with Crippen molar-refractivity contribution in [3.63, 3.8) is 0 Å². The van der Waals surface area contributed by atoms with Crippen molar-refractivity contribution < 1.29 is 23.8 Å². The van der Waals surface area contributed by atoms with E-state index < -0.39 is 18.5 Å². The van der Waals surface area contributed by atoms with Crippen molar-refractivity contribution >= 4 is 23.4 Å². The van der Waals surface area contributed by atoms with Crippen molar-refractivity contribution in [1.29, 1.82) is 0 Å². The van der Waals surface area contributed by atoms with Gasteiger partial charge in [0, 0.05) is 25.0 Å². The van der Waals surface area contributed by atoms with Crippen molar-refractivity contribution in [3.05, 3.63) is 78.5 Å². The van der Waals surface area contributed by atoms with Gasteiger partial charge in [0.1, 0.15) is 22.9 Å². The van der Waals surface area contributed by atoms with Crippen molar-refractivity contribution in [2.24, 2.45) is 0 Å². The van der Waals surface area contributed by atoms with E-state index in [2.05, 4.69) is 10.3 Å². The number of esters is 1. The number of benzene rings is 2. The van der Waals surface area contributed by atoms with Crippen molar-refractivity contribution in [3.8, 4) is 11.5 Å². The van der Waals surface area contributed by atoms with E-state index in [0.29, 0.717) is 49.1 Å². The molecule has 0 radical (unpaired) electrons. The molecule has 1 amide bonds. The molecule has 1 aliphatic heterocycles. The Morgan fingerprint density at radius 3 is 2.41 bits per heavy atom. The summed E-state index contributed by atoms with van der Waals surface area (Å²) in [4.78, 5) is 31.1. The fourth-order valence-corrected chi connectivity index (χ4v) is 3.22. The summed E-state index contributed by atoms with van der Waals surface area (Å²) in [6.07, 6.45) is 1.62. The lowest BCUT2D eigenvalue weighted by atomic mass is 10.2. The van der Waals surface area contributed by atoms with Crippen molar-refractivity contribution in [1.82, 2.24) is 4.98 Å². The van der Waals surface area contributed by atoms with Gasteiger partial charge in [-0.15, -0.1) is 0 Å². The van der Waals surface area contributed by atoms with Crippen LogP contribution >= 0.6 is 0 Å². The number of morpholine rings is 1. The Labute approximate surface area is 185 Å². The summed E-state index contributed by atoms with van der Waals surface area (Å²) < 4.78 is 16.3. The second kappa shape index (κ2) is 10.4. The van der Waals surface area contributed by atoms with Crippen LogP contribution in [0.2, 0.25) is 0 Å². The van der Waals surface area contributed by atoms with E-state index in [0.717, 1.165) is 5.75 Å². The Bertz CT molecular complexity index is 1050. The van der Waals surface area contributed by atoms with E-state index in [4.69, 9.17) is 14.2 Å². The minimum atomic E-state index is -0.596. The second-order valence-corrected chi connectivity index (χ2v) is 7.04. The molecule has 1 N–H and O–H groups in total. The quantitative estimate of drug-likeness (QED) is 0.570. The van der Waals surface area contributed by atoms with Crippen LogP contribution in [0, 0.1) is 0 Å². The van der Waals surface area contributed by atoms with E-state index in [-0.39, 0.29) is 0 Å². The lowest BCUT2D eigenvalue weighted by Gasteiger charge is -2.28. The molecule has 164 valence electrons. The zero-order valence-electron chi connectivity index (χ0n) is 17.4. The molecular weight excluding hydrogens is 410 g/mol. The molecule has 4 rings (SSSR count). The van der Waals surface area contributed by atoms with E-state index in [9.17, 15) is 9.59 Å². The highest BCUT2D eigenvalue weighted by Crippen LogP contribution is 2.23. The number of nitrogens with one attached hydrogen (secondary N) is 1. The molecule has 0 bridgehead atoms. The molecule has 2 aromatic carbocycles. The number of ether oxygens (including phenoxy) is 3. The maximum Gasteiger partial charge on any atom is 0.342 e. The van der Waals surface area contributed by atoms with Crippen LogP contribution in [0.4, 0.5) is 11.5 Å². The smallest absolute Gasteiger partial charge is 0.342 e. The first kappa shape index (κ1) is 21.3. The molecular formula is C24H23N3O5. The molecule has 8 nitrogen and oxygen atoms in total. The van der Waals surface area contributed by atoms with E-state index >= 15 is 0 Å². The van der Waals surface area contributed by atoms with Crippen molar-refractivity contribution in [2.75, 3.05) is 43.1 Å². The van der Waals surface area contributed by atoms with Gasteiger partial charge in [0.25, 0.3) is 5.91 Å². The molecule has 8 heteroatoms. The van der Waals surface area contributed by atoms with Gasteiger partial charge in [-0.2, -0.15) is 0 Å². The minimum Gasteiger partial charge on any atom is -0.457 e. The first-order chi connectivity index (χ1) is 15.7. The number of para-hydroxylation sites is 1. The second-order valence-electron chi connectivity index (χ2n) is 7.04. The van der Waals surface area contributed by atoms with Crippen LogP contribution in [0.1, 0.15) is 10.4 Å². The average Bonchev–Trinajstić information content (AvgIpc) is 2.85. The van der Waals surface area contributed by atoms with Crippen LogP contribution in [-0.4, -0.2) is 49.8 Å². The van der Waals surface area contributed by atoms with Gasteiger partial charge in [0.05, 0.1) is 13.2 Å². The van der Waals surface area contributed by atoms with Gasteiger partial charge >= 0.3 is 5.97 Å². The number of carbonyl (C=O) groups is 2. The predicted molar refractivity (Wildman–Crippen MR) is 119 cm³/mol. The highest BCUT2D eigenvalue weighted by atomic mass is 16.5. The van der Waals surface area contributed by atoms with Crippen LogP contribution in [0.3, 0.4) is 0 Å². The number of aromatic nitrogens is 1. The fraction of sp³-hybridized carbons (Fsp3) is 0.208. The van der Waals surface area contributed by atoms with E-state index in [1.165, 1.54) is 0 Å². The Kier molecular flexibility index (Phi) is 6.94. The van der Waals surface area contributed by atoms with Gasteiger partial charge in [-0.25, -0.2) is 9.78 Å². The van der Waals surface area contributed by atoms with Gasteiger partial charge in [-0.1, -0.05) is 18.2 Å². The first-order valence-corrected chi connectivity index (χ1v) is 10.3. The third-order valence-corrected chi connectivity index (χ3v) is 4.77. The summed E-state index contributed by atoms with van der Waals surface area (Å²) in [6, 6.07) is 19.6. The Morgan fingerprint density at radius 1 is 0.938 bits per heavy atom. The van der Waals surface area contributed by atoms with Crippen molar-refractivity contribution in [2.45, 2.75) is 0 Å². The Balaban J connectivity index is 1.30. The number of anilines is 2. The molecule has 0 spiro atoms. The van der Waals surface area contributed by atoms with E-state index in [1.807, 2.05) is 35.2 Å². The lowest BCUT2D eigenvalue weighted by Crippen LogP contribution is -2.37. The number of rotatable bonds is 7. The molecule has 1 aliphatic rings. The molecule has 3 aromatic rings. The lowest BCUT2D eigenvalue weighted by molar-refractivity contribution is -0.119. The number of nitrogens with zero attached hydrogens (tertiary/aromatic N) is 2. The molecule has 32 heavy (non-hydrogen) atoms. The third kappa shape index (κ3) is 5.61.